The molecule has 0 saturated heterocycles. The van der Waals surface area contributed by atoms with Crippen molar-refractivity contribution in [2.45, 2.75) is 13.3 Å². The molecular formula is C14H17ClO2. The maximum absolute atomic E-state index is 5.59. The molecule has 0 amide bonds. The Hall–Kier alpha value is -1.17. The molecule has 0 aliphatic rings. The summed E-state index contributed by atoms with van der Waals surface area (Å²) in [6, 6.07) is 7.70. The third-order valence-electron chi connectivity index (χ3n) is 2.04. The van der Waals surface area contributed by atoms with Gasteiger partial charge in [0.1, 0.15) is 5.75 Å². The summed E-state index contributed by atoms with van der Waals surface area (Å²) < 4.78 is 10.8. The number of rotatable bonds is 6. The van der Waals surface area contributed by atoms with Crippen LogP contribution in [0.25, 0.3) is 0 Å². The average Bonchev–Trinajstić information content (AvgIpc) is 2.37. The molecule has 1 rings (SSSR count). The summed E-state index contributed by atoms with van der Waals surface area (Å²) in [5.74, 6) is 6.96. The topological polar surface area (TPSA) is 18.5 Å². The van der Waals surface area contributed by atoms with E-state index in [0.29, 0.717) is 12.5 Å². The zero-order valence-electron chi connectivity index (χ0n) is 10.0. The highest BCUT2D eigenvalue weighted by Gasteiger charge is 1.95. The molecule has 0 saturated carbocycles. The monoisotopic (exact) mass is 252 g/mol. The minimum Gasteiger partial charge on any atom is -0.493 e. The molecule has 0 fully saturated rings. The van der Waals surface area contributed by atoms with Crippen LogP contribution in [0.3, 0.4) is 0 Å². The van der Waals surface area contributed by atoms with Crippen LogP contribution in [0, 0.1) is 11.8 Å². The molecule has 0 unspecified atom stereocenters. The summed E-state index contributed by atoms with van der Waals surface area (Å²) in [6.07, 6.45) is 0.894. The molecule has 0 N–H and O–H groups in total. The highest BCUT2D eigenvalue weighted by Crippen LogP contribution is 2.12. The van der Waals surface area contributed by atoms with E-state index in [1.54, 1.807) is 0 Å². The van der Waals surface area contributed by atoms with Gasteiger partial charge in [-0.15, -0.1) is 11.6 Å². The molecule has 0 atom stereocenters. The molecule has 3 heteroatoms. The Bertz CT molecular complexity index is 379. The van der Waals surface area contributed by atoms with Crippen LogP contribution in [-0.2, 0) is 4.74 Å². The largest absolute Gasteiger partial charge is 0.493 e. The first-order valence-electron chi connectivity index (χ1n) is 5.72. The fourth-order valence-electron chi connectivity index (χ4n) is 1.29. The first kappa shape index (κ1) is 13.9. The van der Waals surface area contributed by atoms with Gasteiger partial charge in [-0.25, -0.2) is 0 Å². The molecule has 0 spiro atoms. The first-order valence-corrected chi connectivity index (χ1v) is 6.25. The normalized spacial score (nSPS) is 9.53. The van der Waals surface area contributed by atoms with Crippen molar-refractivity contribution < 1.29 is 9.47 Å². The smallest absolute Gasteiger partial charge is 0.120 e. The number of halogens is 1. The fraction of sp³-hybridized carbons (Fsp3) is 0.429. The van der Waals surface area contributed by atoms with Crippen molar-refractivity contribution in [1.82, 2.24) is 0 Å². The quantitative estimate of drug-likeness (QED) is 0.440. The molecule has 0 aliphatic heterocycles. The molecule has 1 aromatic rings. The van der Waals surface area contributed by atoms with Crippen molar-refractivity contribution in [3.8, 4) is 17.6 Å². The predicted octanol–water partition coefficient (Wildman–Crippen LogP) is 3.08. The molecule has 0 radical (unpaired) electrons. The summed E-state index contributed by atoms with van der Waals surface area (Å²) in [4.78, 5) is 0. The Kier molecular flexibility index (Phi) is 7.29. The maximum Gasteiger partial charge on any atom is 0.120 e. The molecular weight excluding hydrogens is 236 g/mol. The van der Waals surface area contributed by atoms with Gasteiger partial charge in [0.2, 0.25) is 0 Å². The van der Waals surface area contributed by atoms with Crippen molar-refractivity contribution in [2.75, 3.05) is 25.7 Å². The molecule has 0 bridgehead atoms. The zero-order chi connectivity index (χ0) is 12.3. The number of alkyl halides is 1. The van der Waals surface area contributed by atoms with Gasteiger partial charge in [0.15, 0.2) is 0 Å². The predicted molar refractivity (Wildman–Crippen MR) is 70.6 cm³/mol. The van der Waals surface area contributed by atoms with Crippen LogP contribution < -0.4 is 4.74 Å². The van der Waals surface area contributed by atoms with Crippen molar-refractivity contribution in [1.29, 1.82) is 0 Å². The van der Waals surface area contributed by atoms with Gasteiger partial charge < -0.3 is 9.47 Å². The molecule has 0 aliphatic carbocycles. The van der Waals surface area contributed by atoms with E-state index in [1.165, 1.54) is 0 Å². The average molecular weight is 253 g/mol. The van der Waals surface area contributed by atoms with E-state index >= 15 is 0 Å². The van der Waals surface area contributed by atoms with E-state index in [0.717, 1.165) is 30.9 Å². The minimum absolute atomic E-state index is 0.347. The van der Waals surface area contributed by atoms with Crippen molar-refractivity contribution >= 4 is 11.6 Å². The van der Waals surface area contributed by atoms with Crippen LogP contribution in [-0.4, -0.2) is 25.7 Å². The van der Waals surface area contributed by atoms with Crippen LogP contribution in [0.2, 0.25) is 0 Å². The van der Waals surface area contributed by atoms with Crippen LogP contribution in [0.15, 0.2) is 24.3 Å². The van der Waals surface area contributed by atoms with E-state index in [1.807, 2.05) is 31.2 Å². The van der Waals surface area contributed by atoms with E-state index in [2.05, 4.69) is 11.8 Å². The van der Waals surface area contributed by atoms with Gasteiger partial charge in [0.05, 0.1) is 12.5 Å². The summed E-state index contributed by atoms with van der Waals surface area (Å²) in [5, 5.41) is 0. The summed E-state index contributed by atoms with van der Waals surface area (Å²) >= 11 is 5.50. The molecule has 17 heavy (non-hydrogen) atoms. The lowest BCUT2D eigenvalue weighted by molar-refractivity contribution is 0.131. The molecule has 92 valence electrons. The Balaban J connectivity index is 2.38. The first-order chi connectivity index (χ1) is 8.36. The molecule has 0 aromatic heterocycles. The van der Waals surface area contributed by atoms with Crippen LogP contribution in [0.1, 0.15) is 18.9 Å². The summed E-state index contributed by atoms with van der Waals surface area (Å²) in [5.41, 5.74) is 0.924. The zero-order valence-corrected chi connectivity index (χ0v) is 10.8. The molecule has 2 nitrogen and oxygen atoms in total. The van der Waals surface area contributed by atoms with Gasteiger partial charge in [-0.05, 0) is 25.1 Å². The Morgan fingerprint density at radius 3 is 2.94 bits per heavy atom. The van der Waals surface area contributed by atoms with Gasteiger partial charge in [-0.1, -0.05) is 17.9 Å². The van der Waals surface area contributed by atoms with E-state index in [9.17, 15) is 0 Å². The summed E-state index contributed by atoms with van der Waals surface area (Å²) in [7, 11) is 0. The SMILES string of the molecule is CCOCCCOc1cccc(C#CCCl)c1. The lowest BCUT2D eigenvalue weighted by Gasteiger charge is -2.06. The fourth-order valence-corrected chi connectivity index (χ4v) is 1.36. The van der Waals surface area contributed by atoms with Crippen LogP contribution in [0.5, 0.6) is 5.75 Å². The highest BCUT2D eigenvalue weighted by molar-refractivity contribution is 6.19. The Labute approximate surface area is 108 Å². The molecule has 0 heterocycles. The number of hydrogen-bond acceptors (Lipinski definition) is 2. The van der Waals surface area contributed by atoms with Gasteiger partial charge in [-0.2, -0.15) is 0 Å². The number of hydrogen-bond donors (Lipinski definition) is 0. The second-order valence-corrected chi connectivity index (χ2v) is 3.63. The lowest BCUT2D eigenvalue weighted by Crippen LogP contribution is -2.02. The van der Waals surface area contributed by atoms with Crippen molar-refractivity contribution in [2.24, 2.45) is 0 Å². The second-order valence-electron chi connectivity index (χ2n) is 3.36. The van der Waals surface area contributed by atoms with E-state index < -0.39 is 0 Å². The minimum atomic E-state index is 0.347. The summed E-state index contributed by atoms with van der Waals surface area (Å²) in [6.45, 7) is 4.14. The van der Waals surface area contributed by atoms with E-state index in [4.69, 9.17) is 21.1 Å². The Morgan fingerprint density at radius 2 is 2.18 bits per heavy atom. The standard InChI is InChI=1S/C14H17ClO2/c1-2-16-10-5-11-17-14-8-3-6-13(12-14)7-4-9-15/h3,6,8,12H,2,5,9-11H2,1H3. The lowest BCUT2D eigenvalue weighted by atomic mass is 10.2. The van der Waals surface area contributed by atoms with Gasteiger partial charge in [-0.3, -0.25) is 0 Å². The Morgan fingerprint density at radius 1 is 1.29 bits per heavy atom. The third-order valence-corrected chi connectivity index (χ3v) is 2.17. The van der Waals surface area contributed by atoms with Gasteiger partial charge in [0, 0.05) is 25.2 Å². The van der Waals surface area contributed by atoms with Gasteiger partial charge in [0.25, 0.3) is 0 Å². The second kappa shape index (κ2) is 8.92. The number of benzene rings is 1. The van der Waals surface area contributed by atoms with E-state index in [-0.39, 0.29) is 0 Å². The van der Waals surface area contributed by atoms with Crippen molar-refractivity contribution in [3.05, 3.63) is 29.8 Å². The van der Waals surface area contributed by atoms with Crippen LogP contribution >= 0.6 is 11.6 Å². The highest BCUT2D eigenvalue weighted by atomic mass is 35.5. The third kappa shape index (κ3) is 6.21. The van der Waals surface area contributed by atoms with Gasteiger partial charge >= 0.3 is 0 Å². The number of ether oxygens (including phenoxy) is 2. The van der Waals surface area contributed by atoms with Crippen LogP contribution in [0.4, 0.5) is 0 Å². The maximum atomic E-state index is 5.59. The molecule has 1 aromatic carbocycles. The van der Waals surface area contributed by atoms with Crippen molar-refractivity contribution in [3.63, 3.8) is 0 Å².